The van der Waals surface area contributed by atoms with E-state index in [0.717, 1.165) is 13.1 Å². The summed E-state index contributed by atoms with van der Waals surface area (Å²) < 4.78 is 5.78. The molecule has 1 atom stereocenters. The van der Waals surface area contributed by atoms with Crippen LogP contribution in [0, 0.1) is 11.8 Å². The van der Waals surface area contributed by atoms with Crippen molar-refractivity contribution < 1.29 is 23.9 Å². The van der Waals surface area contributed by atoms with Gasteiger partial charge in [-0.3, -0.25) is 24.6 Å². The molecule has 1 aromatic rings. The monoisotopic (exact) mass is 424 g/mol. The van der Waals surface area contributed by atoms with Crippen LogP contribution in [-0.2, 0) is 19.8 Å². The van der Waals surface area contributed by atoms with Crippen LogP contribution in [0.4, 0.5) is 10.5 Å². The van der Waals surface area contributed by atoms with Gasteiger partial charge in [-0.05, 0) is 56.3 Å². The summed E-state index contributed by atoms with van der Waals surface area (Å²) in [6.07, 6.45) is 1.43. The summed E-state index contributed by atoms with van der Waals surface area (Å²) in [6, 6.07) is 4.55. The Balaban J connectivity index is 1.26. The maximum absolute atomic E-state index is 13.4. The first-order chi connectivity index (χ1) is 15.0. The second-order valence-electron chi connectivity index (χ2n) is 9.33. The van der Waals surface area contributed by atoms with Gasteiger partial charge in [0.2, 0.25) is 17.7 Å². The van der Waals surface area contributed by atoms with E-state index in [9.17, 15) is 19.2 Å². The van der Waals surface area contributed by atoms with Crippen LogP contribution < -0.4 is 20.3 Å². The number of nitrogens with zero attached hydrogens (tertiary/aromatic N) is 2. The molecular weight excluding hydrogens is 400 g/mol. The summed E-state index contributed by atoms with van der Waals surface area (Å²) >= 11 is 0. The predicted molar refractivity (Wildman–Crippen MR) is 108 cm³/mol. The highest BCUT2D eigenvalue weighted by Gasteiger charge is 2.62. The van der Waals surface area contributed by atoms with Crippen molar-refractivity contribution in [3.8, 4) is 5.75 Å². The molecule has 4 heterocycles. The molecule has 1 aliphatic carbocycles. The molecule has 1 spiro atoms. The van der Waals surface area contributed by atoms with Crippen LogP contribution in [0.25, 0.3) is 0 Å². The van der Waals surface area contributed by atoms with Crippen LogP contribution in [0.5, 0.6) is 5.75 Å². The number of nitrogens with one attached hydrogen (secondary N) is 2. The Bertz CT molecular complexity index is 1010. The summed E-state index contributed by atoms with van der Waals surface area (Å²) in [4.78, 5) is 53.4. The zero-order chi connectivity index (χ0) is 21.3. The average molecular weight is 424 g/mol. The van der Waals surface area contributed by atoms with Crippen LogP contribution in [0.3, 0.4) is 0 Å². The number of fused-ring (bicyclic) bond motifs is 2. The van der Waals surface area contributed by atoms with Gasteiger partial charge in [0.05, 0.1) is 11.1 Å². The highest BCUT2D eigenvalue weighted by atomic mass is 16.6. The van der Waals surface area contributed by atoms with Crippen molar-refractivity contribution in [2.75, 3.05) is 31.1 Å². The normalized spacial score (nSPS) is 27.0. The van der Waals surface area contributed by atoms with Crippen molar-refractivity contribution >= 4 is 29.5 Å². The molecule has 3 saturated heterocycles. The first-order valence-corrected chi connectivity index (χ1v) is 11.0. The number of hydrogen-bond acceptors (Lipinski definition) is 6. The molecule has 4 aliphatic heterocycles. The molecule has 5 aliphatic rings. The molecule has 1 aromatic carbocycles. The Labute approximate surface area is 179 Å². The first kappa shape index (κ1) is 18.8. The van der Waals surface area contributed by atoms with Gasteiger partial charge in [-0.25, -0.2) is 4.79 Å². The fourth-order valence-corrected chi connectivity index (χ4v) is 5.32. The molecule has 4 fully saturated rings. The summed E-state index contributed by atoms with van der Waals surface area (Å²) in [7, 11) is 0. The van der Waals surface area contributed by atoms with Crippen molar-refractivity contribution in [3.05, 3.63) is 23.8 Å². The third kappa shape index (κ3) is 2.72. The van der Waals surface area contributed by atoms with Gasteiger partial charge in [0.25, 0.3) is 0 Å². The number of amides is 4. The minimum atomic E-state index is -0.720. The summed E-state index contributed by atoms with van der Waals surface area (Å²) in [5.74, 6) is 0.656. The summed E-state index contributed by atoms with van der Waals surface area (Å²) in [5.41, 5.74) is 0.603. The summed E-state index contributed by atoms with van der Waals surface area (Å²) in [5, 5.41) is 5.60. The molecule has 0 aromatic heterocycles. The fraction of sp³-hybridized carbons (Fsp3) is 0.545. The van der Waals surface area contributed by atoms with Crippen LogP contribution in [0.15, 0.2) is 18.2 Å². The molecule has 162 valence electrons. The van der Waals surface area contributed by atoms with Crippen molar-refractivity contribution in [3.63, 3.8) is 0 Å². The number of ether oxygens (including phenoxy) is 1. The quantitative estimate of drug-likeness (QED) is 0.685. The third-order valence-electron chi connectivity index (χ3n) is 7.49. The van der Waals surface area contributed by atoms with Crippen LogP contribution >= 0.6 is 0 Å². The molecule has 1 unspecified atom stereocenters. The largest absolute Gasteiger partial charge is 0.415 e. The number of likely N-dealkylation sites (tertiary alicyclic amines) is 1. The van der Waals surface area contributed by atoms with E-state index in [0.29, 0.717) is 61.2 Å². The van der Waals surface area contributed by atoms with Gasteiger partial charge in [-0.2, -0.15) is 0 Å². The number of piperidine rings is 1. The Morgan fingerprint density at radius 3 is 2.52 bits per heavy atom. The SMILES string of the molecule is O=C1CCC(N2C(=O)C3(CC3)c3c(OC(=O)N4CC(C5CNC5)C4)cccc32)C(=O)N1. The highest BCUT2D eigenvalue weighted by molar-refractivity contribution is 6.16. The average Bonchev–Trinajstić information content (AvgIpc) is 3.41. The van der Waals surface area contributed by atoms with Crippen molar-refractivity contribution in [1.82, 2.24) is 15.5 Å². The Morgan fingerprint density at radius 1 is 1.10 bits per heavy atom. The van der Waals surface area contributed by atoms with E-state index in [1.807, 2.05) is 0 Å². The predicted octanol–water partition coefficient (Wildman–Crippen LogP) is 0.520. The third-order valence-corrected chi connectivity index (χ3v) is 7.49. The Kier molecular flexibility index (Phi) is 3.96. The minimum absolute atomic E-state index is 0.137. The number of anilines is 1. The maximum atomic E-state index is 13.4. The van der Waals surface area contributed by atoms with E-state index >= 15 is 0 Å². The molecule has 31 heavy (non-hydrogen) atoms. The standard InChI is InChI=1S/C22H24N4O5/c27-17-5-4-15(19(28)24-17)26-14-2-1-3-16(18(14)22(6-7-22)20(26)29)31-21(30)25-10-13(11-25)12-8-23-9-12/h1-3,12-13,15,23H,4-11H2,(H,24,27,28). The number of carbonyl (C=O) groups excluding carboxylic acids is 4. The lowest BCUT2D eigenvalue weighted by molar-refractivity contribution is -0.135. The van der Waals surface area contributed by atoms with E-state index < -0.39 is 17.4 Å². The van der Waals surface area contributed by atoms with Gasteiger partial charge in [0.15, 0.2) is 0 Å². The van der Waals surface area contributed by atoms with Crippen LogP contribution in [-0.4, -0.2) is 60.9 Å². The smallest absolute Gasteiger partial charge is 0.410 e. The van der Waals surface area contributed by atoms with Gasteiger partial charge in [0, 0.05) is 25.1 Å². The number of imide groups is 1. The van der Waals surface area contributed by atoms with E-state index in [1.165, 1.54) is 4.90 Å². The second kappa shape index (κ2) is 6.53. The fourth-order valence-electron chi connectivity index (χ4n) is 5.32. The Morgan fingerprint density at radius 2 is 1.87 bits per heavy atom. The van der Waals surface area contributed by atoms with Crippen LogP contribution in [0.2, 0.25) is 0 Å². The van der Waals surface area contributed by atoms with E-state index in [1.54, 1.807) is 23.1 Å². The molecule has 2 N–H and O–H groups in total. The van der Waals surface area contributed by atoms with E-state index in [2.05, 4.69) is 10.6 Å². The van der Waals surface area contributed by atoms with Crippen LogP contribution in [0.1, 0.15) is 31.2 Å². The molecule has 1 saturated carbocycles. The lowest BCUT2D eigenvalue weighted by atomic mass is 9.82. The lowest BCUT2D eigenvalue weighted by Crippen LogP contribution is -2.60. The van der Waals surface area contributed by atoms with Crippen molar-refractivity contribution in [2.45, 2.75) is 37.1 Å². The van der Waals surface area contributed by atoms with Gasteiger partial charge >= 0.3 is 6.09 Å². The van der Waals surface area contributed by atoms with E-state index in [4.69, 9.17) is 4.74 Å². The molecule has 9 nitrogen and oxygen atoms in total. The van der Waals surface area contributed by atoms with Gasteiger partial charge < -0.3 is 15.0 Å². The number of rotatable bonds is 3. The number of carbonyl (C=O) groups is 4. The number of hydrogen-bond donors (Lipinski definition) is 2. The van der Waals surface area contributed by atoms with Crippen molar-refractivity contribution in [1.29, 1.82) is 0 Å². The highest BCUT2D eigenvalue weighted by Crippen LogP contribution is 2.61. The molecular formula is C22H24N4O5. The van der Waals surface area contributed by atoms with Gasteiger partial charge in [-0.15, -0.1) is 0 Å². The maximum Gasteiger partial charge on any atom is 0.415 e. The second-order valence-corrected chi connectivity index (χ2v) is 9.33. The zero-order valence-corrected chi connectivity index (χ0v) is 17.1. The minimum Gasteiger partial charge on any atom is -0.410 e. The van der Waals surface area contributed by atoms with Gasteiger partial charge in [0.1, 0.15) is 11.8 Å². The van der Waals surface area contributed by atoms with E-state index in [-0.39, 0.29) is 24.3 Å². The van der Waals surface area contributed by atoms with Crippen molar-refractivity contribution in [2.24, 2.45) is 11.8 Å². The zero-order valence-electron chi connectivity index (χ0n) is 17.1. The molecule has 4 amide bonds. The molecule has 9 heteroatoms. The Hall–Kier alpha value is -2.94. The van der Waals surface area contributed by atoms with Gasteiger partial charge in [-0.1, -0.05) is 6.07 Å². The molecule has 6 rings (SSSR count). The number of benzene rings is 1. The first-order valence-electron chi connectivity index (χ1n) is 11.0. The lowest BCUT2D eigenvalue weighted by Gasteiger charge is -2.46. The molecule has 0 radical (unpaired) electrons. The summed E-state index contributed by atoms with van der Waals surface area (Å²) in [6.45, 7) is 3.43. The molecule has 0 bridgehead atoms. The topological polar surface area (TPSA) is 108 Å².